The number of carboxylic acids is 1. The summed E-state index contributed by atoms with van der Waals surface area (Å²) in [6.45, 7) is 2.05. The first-order valence-electron chi connectivity index (χ1n) is 5.99. The number of nitrogens with zero attached hydrogens (tertiary/aromatic N) is 1. The maximum atomic E-state index is 11.6. The quantitative estimate of drug-likeness (QED) is 0.774. The molecule has 0 bridgehead atoms. The molecule has 0 aliphatic rings. The Labute approximate surface area is 111 Å². The number of aliphatic carboxylic acids is 1. The van der Waals surface area contributed by atoms with Crippen molar-refractivity contribution >= 4 is 11.9 Å². The molecule has 1 aromatic heterocycles. The number of methoxy groups -OCH3 is 1. The second-order valence-electron chi connectivity index (χ2n) is 4.36. The van der Waals surface area contributed by atoms with Gasteiger partial charge in [0.05, 0.1) is 7.11 Å². The maximum Gasteiger partial charge on any atom is 0.303 e. The number of rotatable bonds is 7. The van der Waals surface area contributed by atoms with Gasteiger partial charge >= 0.3 is 5.97 Å². The Hall–Kier alpha value is -2.11. The summed E-state index contributed by atoms with van der Waals surface area (Å²) in [7, 11) is 1.52. The second-order valence-corrected chi connectivity index (χ2v) is 4.36. The van der Waals surface area contributed by atoms with Crippen molar-refractivity contribution in [2.45, 2.75) is 26.3 Å². The van der Waals surface area contributed by atoms with Gasteiger partial charge in [-0.3, -0.25) is 9.59 Å². The normalized spacial score (nSPS) is 11.7. The van der Waals surface area contributed by atoms with Crippen molar-refractivity contribution in [2.24, 2.45) is 5.92 Å². The fourth-order valence-corrected chi connectivity index (χ4v) is 1.70. The highest BCUT2D eigenvalue weighted by Gasteiger charge is 2.13. The van der Waals surface area contributed by atoms with Crippen LogP contribution in [0.5, 0.6) is 5.88 Å². The van der Waals surface area contributed by atoms with Crippen molar-refractivity contribution in [3.8, 4) is 5.88 Å². The molecule has 19 heavy (non-hydrogen) atoms. The Morgan fingerprint density at radius 2 is 2.21 bits per heavy atom. The Morgan fingerprint density at radius 1 is 1.47 bits per heavy atom. The van der Waals surface area contributed by atoms with Crippen LogP contribution in [0.2, 0.25) is 0 Å². The van der Waals surface area contributed by atoms with Crippen LogP contribution >= 0.6 is 0 Å². The molecule has 0 spiro atoms. The van der Waals surface area contributed by atoms with E-state index in [1.54, 1.807) is 19.2 Å². The lowest BCUT2D eigenvalue weighted by Crippen LogP contribution is -2.25. The molecule has 104 valence electrons. The van der Waals surface area contributed by atoms with Crippen LogP contribution in [0.25, 0.3) is 0 Å². The molecule has 2 N–H and O–H groups in total. The fourth-order valence-electron chi connectivity index (χ4n) is 1.70. The zero-order chi connectivity index (χ0) is 14.3. The van der Waals surface area contributed by atoms with Gasteiger partial charge in [0.25, 0.3) is 0 Å². The van der Waals surface area contributed by atoms with E-state index in [-0.39, 0.29) is 24.7 Å². The van der Waals surface area contributed by atoms with Gasteiger partial charge in [-0.2, -0.15) is 0 Å². The fraction of sp³-hybridized carbons (Fsp3) is 0.462. The molecule has 0 aliphatic heterocycles. The summed E-state index contributed by atoms with van der Waals surface area (Å²) in [5.74, 6) is -0.788. The van der Waals surface area contributed by atoms with Crippen molar-refractivity contribution in [3.63, 3.8) is 0 Å². The molecule has 6 heteroatoms. The minimum atomic E-state index is -0.894. The molecule has 1 rings (SSSR count). The molecule has 6 nitrogen and oxygen atoms in total. The van der Waals surface area contributed by atoms with Gasteiger partial charge in [0.15, 0.2) is 0 Å². The lowest BCUT2D eigenvalue weighted by molar-refractivity contribution is -0.138. The van der Waals surface area contributed by atoms with Gasteiger partial charge in [0.1, 0.15) is 0 Å². The van der Waals surface area contributed by atoms with Gasteiger partial charge < -0.3 is 15.2 Å². The van der Waals surface area contributed by atoms with Gasteiger partial charge in [-0.05, 0) is 12.0 Å². The lowest BCUT2D eigenvalue weighted by atomic mass is 10.0. The second kappa shape index (κ2) is 7.35. The zero-order valence-corrected chi connectivity index (χ0v) is 11.0. The van der Waals surface area contributed by atoms with Gasteiger partial charge in [-0.25, -0.2) is 4.98 Å². The van der Waals surface area contributed by atoms with Crippen LogP contribution in [-0.4, -0.2) is 29.1 Å². The van der Waals surface area contributed by atoms with Crippen LogP contribution in [0.1, 0.15) is 25.3 Å². The average molecular weight is 266 g/mol. The monoisotopic (exact) mass is 266 g/mol. The summed E-state index contributed by atoms with van der Waals surface area (Å²) in [4.78, 5) is 26.2. The van der Waals surface area contributed by atoms with Crippen LogP contribution in [0.4, 0.5) is 0 Å². The van der Waals surface area contributed by atoms with E-state index in [1.807, 2.05) is 6.07 Å². The summed E-state index contributed by atoms with van der Waals surface area (Å²) in [5, 5.41) is 11.3. The number of carboxylic acid groups (broad SMARTS) is 1. The third-order valence-corrected chi connectivity index (χ3v) is 2.58. The van der Waals surface area contributed by atoms with Crippen LogP contribution in [0, 0.1) is 5.92 Å². The van der Waals surface area contributed by atoms with Crippen LogP contribution in [0.15, 0.2) is 18.3 Å². The number of hydrogen-bond donors (Lipinski definition) is 2. The molecular formula is C13H18N2O4. The lowest BCUT2D eigenvalue weighted by Gasteiger charge is -2.10. The molecular weight excluding hydrogens is 248 g/mol. The maximum absolute atomic E-state index is 11.6. The van der Waals surface area contributed by atoms with E-state index in [2.05, 4.69) is 10.3 Å². The SMILES string of the molecule is COc1ncccc1CNC(=O)CC(C)CC(=O)O. The molecule has 0 saturated heterocycles. The van der Waals surface area contributed by atoms with Crippen molar-refractivity contribution in [1.29, 1.82) is 0 Å². The number of ether oxygens (including phenoxy) is 1. The number of aromatic nitrogens is 1. The number of hydrogen-bond acceptors (Lipinski definition) is 4. The number of carbonyl (C=O) groups is 2. The Kier molecular flexibility index (Phi) is 5.78. The molecule has 0 aromatic carbocycles. The standard InChI is InChI=1S/C13H18N2O4/c1-9(7-12(17)18)6-11(16)15-8-10-4-3-5-14-13(10)19-2/h3-5,9H,6-8H2,1-2H3,(H,15,16)(H,17,18). The molecule has 1 aromatic rings. The number of pyridine rings is 1. The first-order chi connectivity index (χ1) is 9.02. The van der Waals surface area contributed by atoms with E-state index in [4.69, 9.17) is 9.84 Å². The highest BCUT2D eigenvalue weighted by atomic mass is 16.5. The van der Waals surface area contributed by atoms with Gasteiger partial charge in [-0.1, -0.05) is 13.0 Å². The van der Waals surface area contributed by atoms with Crippen molar-refractivity contribution < 1.29 is 19.4 Å². The Morgan fingerprint density at radius 3 is 2.84 bits per heavy atom. The van der Waals surface area contributed by atoms with Crippen LogP contribution < -0.4 is 10.1 Å². The predicted molar refractivity (Wildman–Crippen MR) is 68.7 cm³/mol. The minimum Gasteiger partial charge on any atom is -0.481 e. The number of nitrogens with one attached hydrogen (secondary N) is 1. The average Bonchev–Trinajstić information content (AvgIpc) is 2.35. The molecule has 1 amide bonds. The summed E-state index contributed by atoms with van der Waals surface area (Å²) in [6, 6.07) is 3.57. The predicted octanol–water partition coefficient (Wildman–Crippen LogP) is 1.21. The van der Waals surface area contributed by atoms with E-state index in [0.29, 0.717) is 12.4 Å². The summed E-state index contributed by atoms with van der Waals surface area (Å²) in [6.07, 6.45) is 1.79. The Bertz CT molecular complexity index is 448. The van der Waals surface area contributed by atoms with Gasteiger partial charge in [-0.15, -0.1) is 0 Å². The first kappa shape index (κ1) is 14.9. The first-order valence-corrected chi connectivity index (χ1v) is 5.99. The minimum absolute atomic E-state index is 0.0103. The van der Waals surface area contributed by atoms with E-state index in [9.17, 15) is 9.59 Å². The molecule has 0 saturated carbocycles. The van der Waals surface area contributed by atoms with E-state index in [0.717, 1.165) is 5.56 Å². The van der Waals surface area contributed by atoms with Gasteiger partial charge in [0, 0.05) is 31.1 Å². The van der Waals surface area contributed by atoms with E-state index >= 15 is 0 Å². The van der Waals surface area contributed by atoms with Crippen LogP contribution in [0.3, 0.4) is 0 Å². The van der Waals surface area contributed by atoms with Crippen molar-refractivity contribution in [2.75, 3.05) is 7.11 Å². The number of amides is 1. The third kappa shape index (κ3) is 5.37. The molecule has 0 aliphatic carbocycles. The van der Waals surface area contributed by atoms with Crippen molar-refractivity contribution in [3.05, 3.63) is 23.9 Å². The summed E-state index contributed by atoms with van der Waals surface area (Å²) >= 11 is 0. The molecule has 1 unspecified atom stereocenters. The molecule has 0 radical (unpaired) electrons. The number of carbonyl (C=O) groups excluding carboxylic acids is 1. The zero-order valence-electron chi connectivity index (χ0n) is 11.0. The highest BCUT2D eigenvalue weighted by molar-refractivity contribution is 5.77. The van der Waals surface area contributed by atoms with Crippen molar-refractivity contribution in [1.82, 2.24) is 10.3 Å². The smallest absolute Gasteiger partial charge is 0.303 e. The van der Waals surface area contributed by atoms with E-state index in [1.165, 1.54) is 7.11 Å². The molecule has 0 fully saturated rings. The van der Waals surface area contributed by atoms with E-state index < -0.39 is 5.97 Å². The van der Waals surface area contributed by atoms with Crippen LogP contribution in [-0.2, 0) is 16.1 Å². The van der Waals surface area contributed by atoms with Gasteiger partial charge in [0.2, 0.25) is 11.8 Å². The molecule has 1 heterocycles. The highest BCUT2D eigenvalue weighted by Crippen LogP contribution is 2.13. The third-order valence-electron chi connectivity index (χ3n) is 2.58. The Balaban J connectivity index is 2.43. The largest absolute Gasteiger partial charge is 0.481 e. The molecule has 1 atom stereocenters. The summed E-state index contributed by atoms with van der Waals surface area (Å²) in [5.41, 5.74) is 0.782. The summed E-state index contributed by atoms with van der Waals surface area (Å²) < 4.78 is 5.07. The topological polar surface area (TPSA) is 88.5 Å².